The molecule has 0 bridgehead atoms. The van der Waals surface area contributed by atoms with Gasteiger partial charge in [-0.25, -0.2) is 0 Å². The summed E-state index contributed by atoms with van der Waals surface area (Å²) < 4.78 is 5.52. The van der Waals surface area contributed by atoms with Crippen molar-refractivity contribution < 1.29 is 9.66 Å². The summed E-state index contributed by atoms with van der Waals surface area (Å²) in [5.74, 6) is 0.342. The van der Waals surface area contributed by atoms with Crippen molar-refractivity contribution in [3.63, 3.8) is 0 Å². The van der Waals surface area contributed by atoms with Crippen LogP contribution in [-0.4, -0.2) is 11.5 Å². The Morgan fingerprint density at radius 2 is 2.06 bits per heavy atom. The number of hydrogen-bond donors (Lipinski definition) is 0. The van der Waals surface area contributed by atoms with E-state index >= 15 is 0 Å². The molecule has 0 amide bonds. The van der Waals surface area contributed by atoms with Crippen LogP contribution in [0.2, 0.25) is 0 Å². The first-order valence-corrected chi connectivity index (χ1v) is 6.92. The van der Waals surface area contributed by atoms with Crippen molar-refractivity contribution in [2.75, 3.05) is 6.61 Å². The lowest BCUT2D eigenvalue weighted by Gasteiger charge is -2.18. The predicted molar refractivity (Wildman–Crippen MR) is 75.3 cm³/mol. The van der Waals surface area contributed by atoms with Gasteiger partial charge in [0.15, 0.2) is 5.75 Å². The van der Waals surface area contributed by atoms with E-state index in [-0.39, 0.29) is 11.1 Å². The molecule has 1 aromatic carbocycles. The third kappa shape index (κ3) is 4.64. The summed E-state index contributed by atoms with van der Waals surface area (Å²) in [4.78, 5) is 10.6. The summed E-state index contributed by atoms with van der Waals surface area (Å²) in [5.41, 5.74) is 1.05. The Bertz CT molecular complexity index is 427. The Morgan fingerprint density at radius 1 is 1.39 bits per heavy atom. The van der Waals surface area contributed by atoms with Gasteiger partial charge in [-0.05, 0) is 23.5 Å². The van der Waals surface area contributed by atoms with E-state index in [0.717, 1.165) is 12.0 Å². The molecule has 0 spiro atoms. The Morgan fingerprint density at radius 3 is 2.56 bits per heavy atom. The molecule has 0 aliphatic rings. The maximum Gasteiger partial charge on any atom is 0.311 e. The van der Waals surface area contributed by atoms with E-state index in [1.54, 1.807) is 12.1 Å². The van der Waals surface area contributed by atoms with Crippen molar-refractivity contribution >= 4 is 21.6 Å². The molecule has 0 heterocycles. The van der Waals surface area contributed by atoms with E-state index in [0.29, 0.717) is 17.7 Å². The lowest BCUT2D eigenvalue weighted by Crippen LogP contribution is -2.11. The van der Waals surface area contributed by atoms with Gasteiger partial charge in [-0.15, -0.1) is 0 Å². The van der Waals surface area contributed by atoms with E-state index in [2.05, 4.69) is 36.7 Å². The second-order valence-corrected chi connectivity index (χ2v) is 5.91. The molecule has 5 heteroatoms. The number of nitrogens with zero attached hydrogens (tertiary/aromatic N) is 1. The first-order chi connectivity index (χ1) is 8.33. The summed E-state index contributed by atoms with van der Waals surface area (Å²) >= 11 is 3.28. The smallest absolute Gasteiger partial charge is 0.311 e. The molecule has 4 nitrogen and oxygen atoms in total. The molecular formula is C13H18BrNO3. The second-order valence-electron chi connectivity index (χ2n) is 5.35. The van der Waals surface area contributed by atoms with Gasteiger partial charge in [0.05, 0.1) is 11.5 Å². The van der Waals surface area contributed by atoms with Crippen LogP contribution in [0, 0.1) is 15.5 Å². The first-order valence-electron chi connectivity index (χ1n) is 5.79. The number of benzene rings is 1. The van der Waals surface area contributed by atoms with Crippen molar-refractivity contribution in [1.29, 1.82) is 0 Å². The summed E-state index contributed by atoms with van der Waals surface area (Å²) in [5, 5.41) is 11.6. The van der Waals surface area contributed by atoms with E-state index in [1.807, 2.05) is 6.07 Å². The molecule has 0 saturated heterocycles. The molecular weight excluding hydrogens is 298 g/mol. The third-order valence-electron chi connectivity index (χ3n) is 2.48. The molecule has 0 N–H and O–H groups in total. The normalized spacial score (nSPS) is 11.3. The van der Waals surface area contributed by atoms with Crippen LogP contribution in [0.4, 0.5) is 5.69 Å². The fraction of sp³-hybridized carbons (Fsp3) is 0.538. The highest BCUT2D eigenvalue weighted by Crippen LogP contribution is 2.29. The van der Waals surface area contributed by atoms with Crippen LogP contribution in [0.1, 0.15) is 32.8 Å². The van der Waals surface area contributed by atoms with E-state index in [9.17, 15) is 10.1 Å². The quantitative estimate of drug-likeness (QED) is 0.462. The molecule has 0 saturated carbocycles. The van der Waals surface area contributed by atoms with Gasteiger partial charge < -0.3 is 4.74 Å². The molecule has 0 aliphatic carbocycles. The fourth-order valence-electron chi connectivity index (χ4n) is 1.38. The molecule has 100 valence electrons. The van der Waals surface area contributed by atoms with Crippen LogP contribution >= 0.6 is 15.9 Å². The zero-order chi connectivity index (χ0) is 13.8. The summed E-state index contributed by atoms with van der Waals surface area (Å²) in [7, 11) is 0. The standard InChI is InChI=1S/C13H18BrNO3/c1-13(2,3)6-7-18-12-5-4-10(9-14)8-11(12)15(16)17/h4-5,8H,6-7,9H2,1-3H3. The maximum atomic E-state index is 11.0. The van der Waals surface area contributed by atoms with Gasteiger partial charge in [0, 0.05) is 11.4 Å². The van der Waals surface area contributed by atoms with Crippen LogP contribution < -0.4 is 4.74 Å². The fourth-order valence-corrected chi connectivity index (χ4v) is 1.73. The molecule has 0 radical (unpaired) electrons. The maximum absolute atomic E-state index is 11.0. The van der Waals surface area contributed by atoms with Crippen molar-refractivity contribution in [3.05, 3.63) is 33.9 Å². The van der Waals surface area contributed by atoms with Crippen LogP contribution in [-0.2, 0) is 5.33 Å². The molecule has 0 fully saturated rings. The predicted octanol–water partition coefficient (Wildman–Crippen LogP) is 4.30. The number of ether oxygens (including phenoxy) is 1. The number of halogens is 1. The summed E-state index contributed by atoms with van der Waals surface area (Å²) in [6, 6.07) is 5.03. The zero-order valence-corrected chi connectivity index (χ0v) is 12.5. The number of alkyl halides is 1. The van der Waals surface area contributed by atoms with Crippen molar-refractivity contribution in [1.82, 2.24) is 0 Å². The molecule has 18 heavy (non-hydrogen) atoms. The lowest BCUT2D eigenvalue weighted by molar-refractivity contribution is -0.385. The van der Waals surface area contributed by atoms with Gasteiger partial charge in [-0.1, -0.05) is 42.8 Å². The van der Waals surface area contributed by atoms with Gasteiger partial charge in [-0.2, -0.15) is 0 Å². The highest BCUT2D eigenvalue weighted by Gasteiger charge is 2.17. The van der Waals surface area contributed by atoms with Crippen molar-refractivity contribution in [3.8, 4) is 5.75 Å². The third-order valence-corrected chi connectivity index (χ3v) is 3.13. The van der Waals surface area contributed by atoms with Gasteiger partial charge in [0.1, 0.15) is 0 Å². The zero-order valence-electron chi connectivity index (χ0n) is 10.9. The summed E-state index contributed by atoms with van der Waals surface area (Å²) in [6.45, 7) is 6.81. The minimum Gasteiger partial charge on any atom is -0.487 e. The Labute approximate surface area is 116 Å². The lowest BCUT2D eigenvalue weighted by atomic mass is 9.93. The van der Waals surface area contributed by atoms with Crippen LogP contribution in [0.15, 0.2) is 18.2 Å². The molecule has 1 rings (SSSR count). The van der Waals surface area contributed by atoms with Gasteiger partial charge in [0.2, 0.25) is 0 Å². The minimum atomic E-state index is -0.404. The molecule has 0 aliphatic heterocycles. The molecule has 0 atom stereocenters. The van der Waals surface area contributed by atoms with Crippen LogP contribution in [0.25, 0.3) is 0 Å². The van der Waals surface area contributed by atoms with Gasteiger partial charge in [-0.3, -0.25) is 10.1 Å². The Hall–Kier alpha value is -1.10. The number of nitro groups is 1. The van der Waals surface area contributed by atoms with Crippen molar-refractivity contribution in [2.45, 2.75) is 32.5 Å². The number of rotatable bonds is 5. The van der Waals surface area contributed by atoms with E-state index in [1.165, 1.54) is 0 Å². The summed E-state index contributed by atoms with van der Waals surface area (Å²) in [6.07, 6.45) is 0.852. The Balaban J connectivity index is 2.79. The van der Waals surface area contributed by atoms with Gasteiger partial charge >= 0.3 is 5.69 Å². The highest BCUT2D eigenvalue weighted by molar-refractivity contribution is 9.08. The van der Waals surface area contributed by atoms with Crippen LogP contribution in [0.3, 0.4) is 0 Å². The van der Waals surface area contributed by atoms with Gasteiger partial charge in [0.25, 0.3) is 0 Å². The average molecular weight is 316 g/mol. The van der Waals surface area contributed by atoms with E-state index in [4.69, 9.17) is 4.74 Å². The van der Waals surface area contributed by atoms with E-state index < -0.39 is 4.92 Å². The van der Waals surface area contributed by atoms with Crippen LogP contribution in [0.5, 0.6) is 5.75 Å². The Kier molecular flexibility index (Phi) is 5.14. The second kappa shape index (κ2) is 6.18. The first kappa shape index (κ1) is 15.0. The molecule has 0 unspecified atom stereocenters. The minimum absolute atomic E-state index is 0.0286. The highest BCUT2D eigenvalue weighted by atomic mass is 79.9. The monoisotopic (exact) mass is 315 g/mol. The molecule has 0 aromatic heterocycles. The average Bonchev–Trinajstić information content (AvgIpc) is 2.27. The topological polar surface area (TPSA) is 52.4 Å². The largest absolute Gasteiger partial charge is 0.487 e. The van der Waals surface area contributed by atoms with Crippen molar-refractivity contribution in [2.24, 2.45) is 5.41 Å². The molecule has 1 aromatic rings. The number of hydrogen-bond acceptors (Lipinski definition) is 3. The number of nitro benzene ring substituents is 1. The SMILES string of the molecule is CC(C)(C)CCOc1ccc(CBr)cc1[N+](=O)[O-].